The van der Waals surface area contributed by atoms with Gasteiger partial charge in [0, 0.05) is 37.3 Å². The van der Waals surface area contributed by atoms with E-state index in [-0.39, 0.29) is 35.7 Å². The second-order valence-corrected chi connectivity index (χ2v) is 14.9. The highest BCUT2D eigenvalue weighted by molar-refractivity contribution is 5.87. The molecule has 2 aromatic heterocycles. The van der Waals surface area contributed by atoms with Crippen LogP contribution in [0.5, 0.6) is 0 Å². The van der Waals surface area contributed by atoms with Crippen LogP contribution in [0.25, 0.3) is 22.5 Å². The van der Waals surface area contributed by atoms with Crippen molar-refractivity contribution in [1.82, 2.24) is 45.7 Å². The van der Waals surface area contributed by atoms with Crippen LogP contribution in [-0.4, -0.2) is 106 Å². The number of aromatic amines is 2. The summed E-state index contributed by atoms with van der Waals surface area (Å²) >= 11 is 0. The molecule has 4 heterocycles. The van der Waals surface area contributed by atoms with Gasteiger partial charge in [0.05, 0.1) is 44.0 Å². The molecule has 2 fully saturated rings. The fraction of sp³-hybridized carbons (Fsp3) is 0.429. The predicted octanol–water partition coefficient (Wildman–Crippen LogP) is 4.76. The minimum absolute atomic E-state index is 0.108. The highest BCUT2D eigenvalue weighted by Gasteiger charge is 2.38. The van der Waals surface area contributed by atoms with E-state index in [2.05, 4.69) is 47.7 Å². The topological polar surface area (TPSA) is 187 Å². The van der Waals surface area contributed by atoms with E-state index in [1.54, 1.807) is 22.2 Å². The Morgan fingerprint density at radius 2 is 1.16 bits per heavy atom. The van der Waals surface area contributed by atoms with Gasteiger partial charge in [-0.3, -0.25) is 9.59 Å². The Morgan fingerprint density at radius 3 is 1.61 bits per heavy atom. The largest absolute Gasteiger partial charge is 0.453 e. The molecule has 0 aliphatic carbocycles. The monoisotopic (exact) mass is 777 g/mol. The number of imidazole rings is 2. The maximum atomic E-state index is 13.6. The van der Waals surface area contributed by atoms with Crippen LogP contribution in [0.1, 0.15) is 75.4 Å². The van der Waals surface area contributed by atoms with E-state index in [4.69, 9.17) is 9.47 Å². The summed E-state index contributed by atoms with van der Waals surface area (Å²) in [7, 11) is 2.57. The van der Waals surface area contributed by atoms with E-state index in [0.29, 0.717) is 37.8 Å². The Bertz CT molecular complexity index is 2100. The molecule has 4 amide bonds. The number of nitrogens with zero attached hydrogens (tertiary/aromatic N) is 4. The minimum Gasteiger partial charge on any atom is -0.453 e. The van der Waals surface area contributed by atoms with Gasteiger partial charge in [0.1, 0.15) is 29.8 Å². The van der Waals surface area contributed by atoms with Crippen LogP contribution in [0.4, 0.5) is 9.59 Å². The number of rotatable bonds is 10. The number of ether oxygens (including phenoxy) is 2. The molecule has 0 radical (unpaired) electrons. The molecule has 0 spiro atoms. The van der Waals surface area contributed by atoms with Crippen LogP contribution in [-0.2, 0) is 19.1 Å². The summed E-state index contributed by atoms with van der Waals surface area (Å²) < 4.78 is 9.50. The number of aromatic nitrogens is 4. The van der Waals surface area contributed by atoms with Crippen molar-refractivity contribution >= 4 is 24.0 Å². The number of benzene rings is 2. The number of amides is 4. The van der Waals surface area contributed by atoms with Crippen molar-refractivity contribution in [2.75, 3.05) is 40.4 Å². The molecule has 4 unspecified atom stereocenters. The van der Waals surface area contributed by atoms with Gasteiger partial charge in [0.25, 0.3) is 0 Å². The summed E-state index contributed by atoms with van der Waals surface area (Å²) in [6.07, 6.45) is 3.89. The van der Waals surface area contributed by atoms with Crippen molar-refractivity contribution in [3.8, 4) is 34.4 Å². The second-order valence-electron chi connectivity index (χ2n) is 14.9. The van der Waals surface area contributed by atoms with E-state index in [9.17, 15) is 19.2 Å². The number of carbonyl (C=O) groups excluding carboxylic acids is 4. The molecule has 300 valence electrons. The minimum atomic E-state index is -0.722. The average Bonchev–Trinajstić information content (AvgIpc) is 4.03. The van der Waals surface area contributed by atoms with E-state index in [1.807, 2.05) is 76.2 Å². The molecule has 2 saturated heterocycles. The quantitative estimate of drug-likeness (QED) is 0.142. The molecule has 2 aliphatic rings. The Labute approximate surface area is 332 Å². The van der Waals surface area contributed by atoms with E-state index in [1.165, 1.54) is 14.2 Å². The maximum Gasteiger partial charge on any atom is 0.407 e. The lowest BCUT2D eigenvalue weighted by molar-refractivity contribution is -0.138. The first kappa shape index (κ1) is 40.5. The first-order chi connectivity index (χ1) is 27.5. The third-order valence-corrected chi connectivity index (χ3v) is 10.4. The Balaban J connectivity index is 1.08. The van der Waals surface area contributed by atoms with Crippen molar-refractivity contribution in [3.05, 3.63) is 83.7 Å². The van der Waals surface area contributed by atoms with Crippen molar-refractivity contribution in [2.45, 2.75) is 64.7 Å². The number of likely N-dealkylation sites (tertiary alicyclic amines) is 1. The molecule has 0 saturated carbocycles. The van der Waals surface area contributed by atoms with Crippen LogP contribution in [0.2, 0.25) is 0 Å². The number of H-pyrrole nitrogens is 2. The smallest absolute Gasteiger partial charge is 0.407 e. The summed E-state index contributed by atoms with van der Waals surface area (Å²) in [6.45, 7) is 9.80. The summed E-state index contributed by atoms with van der Waals surface area (Å²) in [5, 5.41) is 8.72. The molecular formula is C42H51N9O6. The zero-order chi connectivity index (χ0) is 40.6. The molecule has 0 bridgehead atoms. The van der Waals surface area contributed by atoms with Crippen LogP contribution < -0.4 is 16.0 Å². The highest BCUT2D eigenvalue weighted by atomic mass is 16.5. The summed E-state index contributed by atoms with van der Waals surface area (Å²) in [4.78, 5) is 70.7. The van der Waals surface area contributed by atoms with Crippen LogP contribution in [0.15, 0.2) is 60.9 Å². The van der Waals surface area contributed by atoms with Gasteiger partial charge in [0.15, 0.2) is 0 Å². The molecular weight excluding hydrogens is 727 g/mol. The zero-order valence-electron chi connectivity index (χ0n) is 33.2. The third kappa shape index (κ3) is 9.46. The van der Waals surface area contributed by atoms with Crippen molar-refractivity contribution in [3.63, 3.8) is 0 Å². The van der Waals surface area contributed by atoms with Crippen molar-refractivity contribution < 1.29 is 28.7 Å². The number of nitrogens with one attached hydrogen (secondary N) is 5. The summed E-state index contributed by atoms with van der Waals surface area (Å²) in [5.41, 5.74) is 5.23. The first-order valence-corrected chi connectivity index (χ1v) is 19.3. The summed E-state index contributed by atoms with van der Waals surface area (Å²) in [6, 6.07) is 13.8. The zero-order valence-corrected chi connectivity index (χ0v) is 33.2. The predicted molar refractivity (Wildman–Crippen MR) is 213 cm³/mol. The molecule has 57 heavy (non-hydrogen) atoms. The Kier molecular flexibility index (Phi) is 12.9. The van der Waals surface area contributed by atoms with Gasteiger partial charge in [-0.25, -0.2) is 19.6 Å². The fourth-order valence-corrected chi connectivity index (χ4v) is 7.20. The number of methoxy groups -OCH3 is 2. The van der Waals surface area contributed by atoms with Gasteiger partial charge in [-0.2, -0.15) is 0 Å². The summed E-state index contributed by atoms with van der Waals surface area (Å²) in [5.74, 6) is 7.29. The normalized spacial score (nSPS) is 17.8. The molecule has 2 aromatic carbocycles. The average molecular weight is 778 g/mol. The maximum absolute atomic E-state index is 13.6. The van der Waals surface area contributed by atoms with Gasteiger partial charge in [0.2, 0.25) is 11.8 Å². The van der Waals surface area contributed by atoms with E-state index in [0.717, 1.165) is 46.5 Å². The lowest BCUT2D eigenvalue weighted by Gasteiger charge is -2.38. The van der Waals surface area contributed by atoms with Crippen LogP contribution in [0.3, 0.4) is 0 Å². The van der Waals surface area contributed by atoms with Gasteiger partial charge in [-0.1, -0.05) is 63.8 Å². The number of hydrogen-bond acceptors (Lipinski definition) is 9. The second kappa shape index (κ2) is 18.2. The van der Waals surface area contributed by atoms with Gasteiger partial charge in [-0.05, 0) is 60.1 Å². The van der Waals surface area contributed by atoms with Crippen molar-refractivity contribution in [1.29, 1.82) is 0 Å². The molecule has 15 nitrogen and oxygen atoms in total. The number of piperazine rings is 1. The van der Waals surface area contributed by atoms with E-state index < -0.39 is 24.3 Å². The molecule has 5 N–H and O–H groups in total. The van der Waals surface area contributed by atoms with Crippen LogP contribution in [0, 0.1) is 23.7 Å². The fourth-order valence-electron chi connectivity index (χ4n) is 7.20. The first-order valence-electron chi connectivity index (χ1n) is 19.3. The highest BCUT2D eigenvalue weighted by Crippen LogP contribution is 2.33. The standard InChI is InChI=1S/C42H51N9O6/c1-25(2)35(48-41(54)56-5)39(52)50-20-7-8-33(50)37-44-22-31(46-37)29-15-11-27(12-16-29)9-10-28-13-17-30(18-14-28)32-23-45-38(47-32)34-24-43-19-21-51(34)40(53)36(26(3)4)49-42(55)57-6/h11-18,22-23,25-26,33-36,43H,7-8,19-21,24H2,1-6H3,(H,44,46)(H,45,47)(H,48,54)(H,49,55). The number of alkyl carbamates (subject to hydrolysis) is 2. The molecule has 6 rings (SSSR count). The lowest BCUT2D eigenvalue weighted by atomic mass is 10.0. The third-order valence-electron chi connectivity index (χ3n) is 10.4. The molecule has 4 atom stereocenters. The Hall–Kier alpha value is -6.14. The van der Waals surface area contributed by atoms with E-state index >= 15 is 0 Å². The molecule has 4 aromatic rings. The lowest BCUT2D eigenvalue weighted by Crippen LogP contribution is -2.57. The number of hydrogen-bond donors (Lipinski definition) is 5. The molecule has 2 aliphatic heterocycles. The van der Waals surface area contributed by atoms with Gasteiger partial charge >= 0.3 is 12.2 Å². The van der Waals surface area contributed by atoms with Crippen LogP contribution >= 0.6 is 0 Å². The molecule has 15 heteroatoms. The van der Waals surface area contributed by atoms with Crippen molar-refractivity contribution in [2.24, 2.45) is 11.8 Å². The Morgan fingerprint density at radius 1 is 0.702 bits per heavy atom. The SMILES string of the molecule is COC(=O)NC(C(=O)N1CCCC1c1ncc(-c2ccc(C#Cc3ccc(-c4cnc(C5CNCCN5C(=O)C(NC(=O)OC)C(C)C)[nH]4)cc3)cc2)[nH]1)C(C)C. The van der Waals surface area contributed by atoms with Gasteiger partial charge < -0.3 is 45.2 Å². The van der Waals surface area contributed by atoms with Gasteiger partial charge in [-0.15, -0.1) is 0 Å². The number of carbonyl (C=O) groups is 4.